The Labute approximate surface area is 109 Å². The van der Waals surface area contributed by atoms with Gasteiger partial charge in [-0.2, -0.15) is 4.80 Å². The second kappa shape index (κ2) is 4.56. The average Bonchev–Trinajstić information content (AvgIpc) is 2.81. The topological polar surface area (TPSA) is 73.1 Å². The number of hydrogen-bond donors (Lipinski definition) is 1. The third-order valence-electron chi connectivity index (χ3n) is 2.71. The van der Waals surface area contributed by atoms with Gasteiger partial charge in [-0.15, -0.1) is 10.2 Å². The Morgan fingerprint density at radius 1 is 1.16 bits per heavy atom. The first-order valence-corrected chi connectivity index (χ1v) is 5.79. The van der Waals surface area contributed by atoms with Crippen molar-refractivity contribution in [2.75, 3.05) is 0 Å². The molecule has 0 aliphatic carbocycles. The van der Waals surface area contributed by atoms with E-state index >= 15 is 0 Å². The molecule has 0 amide bonds. The van der Waals surface area contributed by atoms with Crippen molar-refractivity contribution >= 4 is 10.8 Å². The Morgan fingerprint density at radius 2 is 2.00 bits per heavy atom. The summed E-state index contributed by atoms with van der Waals surface area (Å²) in [5.74, 6) is 1.46. The molecule has 19 heavy (non-hydrogen) atoms. The number of phenolic OH excluding ortho intramolecular Hbond substituents is 1. The number of phenols is 1. The lowest BCUT2D eigenvalue weighted by molar-refractivity contribution is 0.295. The zero-order valence-electron chi connectivity index (χ0n) is 10.3. The van der Waals surface area contributed by atoms with Gasteiger partial charge in [0.05, 0.1) is 7.05 Å². The molecule has 2 aromatic carbocycles. The van der Waals surface area contributed by atoms with Crippen LogP contribution in [-0.2, 0) is 13.7 Å². The van der Waals surface area contributed by atoms with Crippen LogP contribution in [0.2, 0.25) is 0 Å². The molecule has 1 aromatic heterocycles. The largest absolute Gasteiger partial charge is 0.508 e. The van der Waals surface area contributed by atoms with E-state index < -0.39 is 0 Å². The molecule has 0 fully saturated rings. The lowest BCUT2D eigenvalue weighted by Crippen LogP contribution is -1.99. The average molecular weight is 256 g/mol. The summed E-state index contributed by atoms with van der Waals surface area (Å²) in [7, 11) is 1.70. The highest BCUT2D eigenvalue weighted by Gasteiger charge is 2.03. The number of tetrazole rings is 1. The van der Waals surface area contributed by atoms with Crippen LogP contribution in [0.3, 0.4) is 0 Å². The van der Waals surface area contributed by atoms with Gasteiger partial charge in [0.25, 0.3) is 0 Å². The molecule has 1 heterocycles. The van der Waals surface area contributed by atoms with E-state index in [2.05, 4.69) is 15.4 Å². The molecular weight excluding hydrogens is 244 g/mol. The molecule has 96 valence electrons. The molecule has 1 N–H and O–H groups in total. The number of fused-ring (bicyclic) bond motifs is 1. The van der Waals surface area contributed by atoms with Crippen molar-refractivity contribution in [2.45, 2.75) is 6.61 Å². The minimum absolute atomic E-state index is 0.236. The molecule has 0 saturated carbocycles. The summed E-state index contributed by atoms with van der Waals surface area (Å²) in [6.45, 7) is 0.262. The summed E-state index contributed by atoms with van der Waals surface area (Å²) in [6, 6.07) is 10.9. The minimum atomic E-state index is 0.236. The molecular formula is C13H12N4O2. The highest BCUT2D eigenvalue weighted by atomic mass is 16.5. The van der Waals surface area contributed by atoms with Gasteiger partial charge in [-0.25, -0.2) is 0 Å². The number of rotatable bonds is 3. The Bertz CT molecular complexity index is 723. The van der Waals surface area contributed by atoms with Gasteiger partial charge >= 0.3 is 0 Å². The van der Waals surface area contributed by atoms with Gasteiger partial charge in [0.1, 0.15) is 11.5 Å². The Kier molecular flexibility index (Phi) is 2.75. The Balaban J connectivity index is 1.81. The van der Waals surface area contributed by atoms with Gasteiger partial charge < -0.3 is 9.84 Å². The molecule has 0 saturated heterocycles. The van der Waals surface area contributed by atoms with Crippen molar-refractivity contribution < 1.29 is 9.84 Å². The van der Waals surface area contributed by atoms with Crippen molar-refractivity contribution in [3.63, 3.8) is 0 Å². The first-order valence-electron chi connectivity index (χ1n) is 5.79. The number of aryl methyl sites for hydroxylation is 1. The van der Waals surface area contributed by atoms with E-state index in [1.807, 2.05) is 24.3 Å². The maximum absolute atomic E-state index is 9.46. The third kappa shape index (κ3) is 2.47. The smallest absolute Gasteiger partial charge is 0.212 e. The fourth-order valence-electron chi connectivity index (χ4n) is 1.83. The van der Waals surface area contributed by atoms with Gasteiger partial charge in [0.15, 0.2) is 6.61 Å². The van der Waals surface area contributed by atoms with Gasteiger partial charge in [0.2, 0.25) is 5.82 Å². The predicted octanol–water partition coefficient (Wildman–Crippen LogP) is 1.65. The van der Waals surface area contributed by atoms with Crippen molar-refractivity contribution in [1.29, 1.82) is 0 Å². The van der Waals surface area contributed by atoms with Crippen LogP contribution in [0.1, 0.15) is 5.82 Å². The van der Waals surface area contributed by atoms with Gasteiger partial charge in [-0.3, -0.25) is 0 Å². The Morgan fingerprint density at radius 3 is 2.79 bits per heavy atom. The van der Waals surface area contributed by atoms with Gasteiger partial charge in [-0.05, 0) is 40.3 Å². The summed E-state index contributed by atoms with van der Waals surface area (Å²) in [5.41, 5.74) is 0. The van der Waals surface area contributed by atoms with Crippen LogP contribution in [0, 0.1) is 0 Å². The van der Waals surface area contributed by atoms with Crippen LogP contribution in [0.15, 0.2) is 36.4 Å². The maximum Gasteiger partial charge on any atom is 0.212 e. The van der Waals surface area contributed by atoms with E-state index in [-0.39, 0.29) is 12.4 Å². The molecule has 0 atom stereocenters. The second-order valence-corrected chi connectivity index (χ2v) is 4.18. The predicted molar refractivity (Wildman–Crippen MR) is 68.7 cm³/mol. The number of nitrogens with zero attached hydrogens (tertiary/aromatic N) is 4. The quantitative estimate of drug-likeness (QED) is 0.771. The molecule has 0 aliphatic heterocycles. The summed E-state index contributed by atoms with van der Waals surface area (Å²) in [6.07, 6.45) is 0. The first kappa shape index (κ1) is 11.5. The second-order valence-electron chi connectivity index (χ2n) is 4.18. The number of aromatic nitrogens is 4. The fourth-order valence-corrected chi connectivity index (χ4v) is 1.83. The molecule has 6 nitrogen and oxygen atoms in total. The van der Waals surface area contributed by atoms with E-state index in [0.29, 0.717) is 11.6 Å². The van der Waals surface area contributed by atoms with Crippen LogP contribution >= 0.6 is 0 Å². The number of aromatic hydroxyl groups is 1. The number of hydrogen-bond acceptors (Lipinski definition) is 5. The molecule has 3 aromatic rings. The SMILES string of the molecule is Cn1nnc(COc2ccc3ccc(O)cc3c2)n1. The zero-order chi connectivity index (χ0) is 13.2. The lowest BCUT2D eigenvalue weighted by atomic mass is 10.1. The highest BCUT2D eigenvalue weighted by Crippen LogP contribution is 2.24. The van der Waals surface area contributed by atoms with Crippen LogP contribution in [-0.4, -0.2) is 25.3 Å². The van der Waals surface area contributed by atoms with Crippen LogP contribution in [0.25, 0.3) is 10.8 Å². The lowest BCUT2D eigenvalue weighted by Gasteiger charge is -2.05. The maximum atomic E-state index is 9.46. The molecule has 0 unspecified atom stereocenters. The summed E-state index contributed by atoms with van der Waals surface area (Å²) >= 11 is 0. The van der Waals surface area contributed by atoms with Crippen LogP contribution in [0.5, 0.6) is 11.5 Å². The molecule has 0 bridgehead atoms. The molecule has 0 radical (unpaired) electrons. The zero-order valence-corrected chi connectivity index (χ0v) is 10.3. The first-order chi connectivity index (χ1) is 9.20. The van der Waals surface area contributed by atoms with E-state index in [9.17, 15) is 5.11 Å². The summed E-state index contributed by atoms with van der Waals surface area (Å²) < 4.78 is 5.59. The minimum Gasteiger partial charge on any atom is -0.508 e. The number of benzene rings is 2. The van der Waals surface area contributed by atoms with E-state index in [1.165, 1.54) is 4.80 Å². The van der Waals surface area contributed by atoms with Crippen molar-refractivity contribution in [3.8, 4) is 11.5 Å². The van der Waals surface area contributed by atoms with Gasteiger partial charge in [-0.1, -0.05) is 12.1 Å². The van der Waals surface area contributed by atoms with Crippen molar-refractivity contribution in [3.05, 3.63) is 42.2 Å². The third-order valence-corrected chi connectivity index (χ3v) is 2.71. The monoisotopic (exact) mass is 256 g/mol. The normalized spacial score (nSPS) is 10.8. The van der Waals surface area contributed by atoms with Crippen molar-refractivity contribution in [2.24, 2.45) is 7.05 Å². The standard InChI is InChI=1S/C13H12N4O2/c1-17-15-13(14-16-17)8-19-12-5-3-9-2-4-11(18)6-10(9)7-12/h2-7,18H,8H2,1H3. The Hall–Kier alpha value is -2.63. The molecule has 3 rings (SSSR count). The highest BCUT2D eigenvalue weighted by molar-refractivity contribution is 5.85. The van der Waals surface area contributed by atoms with Gasteiger partial charge in [0, 0.05) is 0 Å². The molecule has 0 spiro atoms. The van der Waals surface area contributed by atoms with E-state index in [1.54, 1.807) is 19.2 Å². The summed E-state index contributed by atoms with van der Waals surface area (Å²) in [4.78, 5) is 1.39. The van der Waals surface area contributed by atoms with Crippen LogP contribution in [0.4, 0.5) is 0 Å². The number of ether oxygens (including phenoxy) is 1. The van der Waals surface area contributed by atoms with Crippen molar-refractivity contribution in [1.82, 2.24) is 20.2 Å². The van der Waals surface area contributed by atoms with E-state index in [0.717, 1.165) is 10.8 Å². The molecule has 0 aliphatic rings. The van der Waals surface area contributed by atoms with Crippen LogP contribution < -0.4 is 4.74 Å². The molecule has 6 heteroatoms. The fraction of sp³-hybridized carbons (Fsp3) is 0.154. The van der Waals surface area contributed by atoms with E-state index in [4.69, 9.17) is 4.74 Å². The summed E-state index contributed by atoms with van der Waals surface area (Å²) in [5, 5.41) is 23.0.